The van der Waals surface area contributed by atoms with Crippen LogP contribution in [0.5, 0.6) is 0 Å². The number of rotatable bonds is 2. The van der Waals surface area contributed by atoms with E-state index in [1.165, 1.54) is 26.4 Å². The quantitative estimate of drug-likeness (QED) is 0.569. The molecule has 0 aliphatic rings. The summed E-state index contributed by atoms with van der Waals surface area (Å²) in [4.78, 5) is 21.9. The van der Waals surface area contributed by atoms with E-state index in [9.17, 15) is 14.0 Å². The molecule has 28 heavy (non-hydrogen) atoms. The molecule has 156 valence electrons. The molecule has 0 saturated heterocycles. The van der Waals surface area contributed by atoms with E-state index in [1.807, 2.05) is 34.6 Å². The van der Waals surface area contributed by atoms with Crippen LogP contribution in [0.15, 0.2) is 36.4 Å². The van der Waals surface area contributed by atoms with E-state index in [-0.39, 0.29) is 17.2 Å². The average Bonchev–Trinajstić information content (AvgIpc) is 2.72. The Kier molecular flexibility index (Phi) is 14.5. The normalized spacial score (nSPS) is 8.57. The number of nitrogen functional groups attached to an aromatic ring is 2. The minimum atomic E-state index is -0.613. The molecule has 2 aromatic rings. The van der Waals surface area contributed by atoms with Crippen LogP contribution in [0.2, 0.25) is 0 Å². The molecule has 2 rings (SSSR count). The molecule has 7 heteroatoms. The number of anilines is 2. The second-order valence-electron chi connectivity index (χ2n) is 4.79. The minimum Gasteiger partial charge on any atom is -0.465 e. The summed E-state index contributed by atoms with van der Waals surface area (Å²) in [5, 5.41) is 0. The molecule has 0 atom stereocenters. The number of ether oxygens (including phenoxy) is 2. The van der Waals surface area contributed by atoms with Crippen LogP contribution in [-0.2, 0) is 9.47 Å². The van der Waals surface area contributed by atoms with Gasteiger partial charge in [-0.05, 0) is 48.9 Å². The van der Waals surface area contributed by atoms with Crippen molar-refractivity contribution >= 4 is 23.3 Å². The Morgan fingerprint density at radius 3 is 1.82 bits per heavy atom. The zero-order chi connectivity index (χ0) is 22.3. The van der Waals surface area contributed by atoms with E-state index in [0.717, 1.165) is 11.6 Å². The molecule has 0 saturated carbocycles. The van der Waals surface area contributed by atoms with E-state index < -0.39 is 11.8 Å². The van der Waals surface area contributed by atoms with Gasteiger partial charge >= 0.3 is 11.9 Å². The maximum absolute atomic E-state index is 12.7. The molecule has 0 amide bonds. The van der Waals surface area contributed by atoms with Gasteiger partial charge in [0.1, 0.15) is 5.82 Å². The Labute approximate surface area is 166 Å². The topological polar surface area (TPSA) is 105 Å². The lowest BCUT2D eigenvalue weighted by atomic mass is 10.1. The van der Waals surface area contributed by atoms with Crippen molar-refractivity contribution in [2.45, 2.75) is 34.6 Å². The highest BCUT2D eigenvalue weighted by Gasteiger charge is 2.08. The van der Waals surface area contributed by atoms with Gasteiger partial charge in [0.05, 0.1) is 31.0 Å². The number of benzene rings is 2. The highest BCUT2D eigenvalue weighted by atomic mass is 19.1. The summed E-state index contributed by atoms with van der Waals surface area (Å²) in [7, 11) is 2.59. The van der Waals surface area contributed by atoms with Gasteiger partial charge in [0.15, 0.2) is 0 Å². The summed E-state index contributed by atoms with van der Waals surface area (Å²) < 4.78 is 21.7. The Morgan fingerprint density at radius 2 is 1.39 bits per heavy atom. The van der Waals surface area contributed by atoms with E-state index in [0.29, 0.717) is 11.3 Å². The van der Waals surface area contributed by atoms with Crippen LogP contribution >= 0.6 is 0 Å². The zero-order valence-corrected chi connectivity index (χ0v) is 17.6. The van der Waals surface area contributed by atoms with E-state index >= 15 is 0 Å². The molecule has 0 spiro atoms. The van der Waals surface area contributed by atoms with Crippen molar-refractivity contribution in [3.63, 3.8) is 0 Å². The van der Waals surface area contributed by atoms with Crippen LogP contribution in [0.25, 0.3) is 0 Å². The van der Waals surface area contributed by atoms with Crippen molar-refractivity contribution in [1.82, 2.24) is 0 Å². The number of hydrogen-bond acceptors (Lipinski definition) is 6. The third-order valence-corrected chi connectivity index (χ3v) is 3.08. The van der Waals surface area contributed by atoms with Gasteiger partial charge in [-0.2, -0.15) is 0 Å². The molecule has 0 aromatic heterocycles. The third kappa shape index (κ3) is 9.02. The van der Waals surface area contributed by atoms with Gasteiger partial charge in [-0.3, -0.25) is 0 Å². The van der Waals surface area contributed by atoms with E-state index in [1.54, 1.807) is 18.2 Å². The van der Waals surface area contributed by atoms with Gasteiger partial charge in [-0.15, -0.1) is 0 Å². The Bertz CT molecular complexity index is 749. The smallest absolute Gasteiger partial charge is 0.338 e. The first kappa shape index (κ1) is 27.1. The first-order valence-corrected chi connectivity index (χ1v) is 8.88. The molecule has 0 aliphatic heterocycles. The van der Waals surface area contributed by atoms with Gasteiger partial charge in [0.25, 0.3) is 0 Å². The molecule has 0 aliphatic carbocycles. The standard InChI is InChI=1S/C9H11NO2.C8H8FNO2.2C2H6/c1-6-5-7(10)3-4-8(6)9(11)12-2;1-12-8(11)5-2-3-7(10)6(9)4-5;2*1-2/h3-5H,10H2,1-2H3;2-4H,10H2,1H3;2*1-2H3. The number of methoxy groups -OCH3 is 2. The lowest BCUT2D eigenvalue weighted by Gasteiger charge is -2.03. The maximum Gasteiger partial charge on any atom is 0.338 e. The molecular formula is C21H31FN2O4. The van der Waals surface area contributed by atoms with E-state index in [2.05, 4.69) is 9.47 Å². The minimum absolute atomic E-state index is 0.0163. The number of esters is 2. The fourth-order valence-electron chi connectivity index (χ4n) is 1.80. The number of aryl methyl sites for hydroxylation is 1. The molecule has 0 radical (unpaired) electrons. The number of halogens is 1. The van der Waals surface area contributed by atoms with Crippen LogP contribution in [0.4, 0.5) is 15.8 Å². The highest BCUT2D eigenvalue weighted by molar-refractivity contribution is 5.91. The van der Waals surface area contributed by atoms with E-state index in [4.69, 9.17) is 11.5 Å². The predicted molar refractivity (Wildman–Crippen MR) is 112 cm³/mol. The van der Waals surface area contributed by atoms with Crippen molar-refractivity contribution in [2.24, 2.45) is 0 Å². The summed E-state index contributed by atoms with van der Waals surface area (Å²) in [6.07, 6.45) is 0. The Hall–Kier alpha value is -3.09. The largest absolute Gasteiger partial charge is 0.465 e. The second-order valence-corrected chi connectivity index (χ2v) is 4.79. The first-order valence-electron chi connectivity index (χ1n) is 8.88. The third-order valence-electron chi connectivity index (χ3n) is 3.08. The molecule has 0 bridgehead atoms. The van der Waals surface area contributed by atoms with Crippen LogP contribution in [0, 0.1) is 12.7 Å². The van der Waals surface area contributed by atoms with Crippen molar-refractivity contribution in [2.75, 3.05) is 25.7 Å². The first-order chi connectivity index (χ1) is 13.3. The highest BCUT2D eigenvalue weighted by Crippen LogP contribution is 2.13. The van der Waals surface area contributed by atoms with Crippen LogP contribution < -0.4 is 11.5 Å². The number of carbonyl (C=O) groups is 2. The van der Waals surface area contributed by atoms with Crippen molar-refractivity contribution in [3.8, 4) is 0 Å². The maximum atomic E-state index is 12.7. The number of carbonyl (C=O) groups excluding carboxylic acids is 2. The summed E-state index contributed by atoms with van der Waals surface area (Å²) in [5.74, 6) is -1.51. The molecule has 4 N–H and O–H groups in total. The predicted octanol–water partition coefficient (Wildman–Crippen LogP) is 4.61. The monoisotopic (exact) mass is 394 g/mol. The lowest BCUT2D eigenvalue weighted by molar-refractivity contribution is 0.0591. The van der Waals surface area contributed by atoms with Crippen molar-refractivity contribution < 1.29 is 23.5 Å². The Balaban J connectivity index is 0. The number of hydrogen-bond donors (Lipinski definition) is 2. The van der Waals surface area contributed by atoms with Crippen LogP contribution in [-0.4, -0.2) is 26.2 Å². The lowest BCUT2D eigenvalue weighted by Crippen LogP contribution is -2.03. The second kappa shape index (κ2) is 15.0. The summed E-state index contributed by atoms with van der Waals surface area (Å²) >= 11 is 0. The fraction of sp³-hybridized carbons (Fsp3) is 0.333. The molecule has 0 unspecified atom stereocenters. The molecule has 0 heterocycles. The van der Waals surface area contributed by atoms with Crippen molar-refractivity contribution in [3.05, 3.63) is 58.9 Å². The molecular weight excluding hydrogens is 363 g/mol. The SMILES string of the molecule is CC.CC.COC(=O)c1ccc(N)c(F)c1.COC(=O)c1ccc(N)cc1C. The van der Waals surface area contributed by atoms with Crippen molar-refractivity contribution in [1.29, 1.82) is 0 Å². The van der Waals surface area contributed by atoms with Crippen LogP contribution in [0.3, 0.4) is 0 Å². The summed E-state index contributed by atoms with van der Waals surface area (Å²) in [5.41, 5.74) is 12.9. The number of nitrogens with two attached hydrogens (primary N) is 2. The van der Waals surface area contributed by atoms with Gasteiger partial charge in [-0.1, -0.05) is 27.7 Å². The van der Waals surface area contributed by atoms with Crippen LogP contribution in [0.1, 0.15) is 54.0 Å². The fourth-order valence-corrected chi connectivity index (χ4v) is 1.80. The van der Waals surface area contributed by atoms with Gasteiger partial charge in [-0.25, -0.2) is 14.0 Å². The Morgan fingerprint density at radius 1 is 0.857 bits per heavy atom. The summed E-state index contributed by atoms with van der Waals surface area (Å²) in [6, 6.07) is 8.86. The zero-order valence-electron chi connectivity index (χ0n) is 17.6. The average molecular weight is 394 g/mol. The van der Waals surface area contributed by atoms with Gasteiger partial charge in [0.2, 0.25) is 0 Å². The van der Waals surface area contributed by atoms with Gasteiger partial charge < -0.3 is 20.9 Å². The molecule has 0 fully saturated rings. The molecule has 2 aromatic carbocycles. The van der Waals surface area contributed by atoms with Gasteiger partial charge in [0, 0.05) is 5.69 Å². The molecule has 6 nitrogen and oxygen atoms in total. The summed E-state index contributed by atoms with van der Waals surface area (Å²) in [6.45, 7) is 9.82.